The molecule has 4 aromatic rings. The standard InChI is InChI=1S/C18H14N2O/c1-21-13-7-8-14-15-4-2-3-11-5-6-12-10-19-18(16(14)9-13)20(12)17(11)15/h2-4,7-10H,5-6H2,1H3. The molecule has 102 valence electrons. The minimum absolute atomic E-state index is 0.876. The van der Waals surface area contributed by atoms with Gasteiger partial charge in [0, 0.05) is 22.7 Å². The summed E-state index contributed by atoms with van der Waals surface area (Å²) in [5.41, 5.74) is 5.08. The number of para-hydroxylation sites is 1. The Kier molecular flexibility index (Phi) is 1.99. The summed E-state index contributed by atoms with van der Waals surface area (Å²) in [5.74, 6) is 0.876. The molecular weight excluding hydrogens is 260 g/mol. The number of imidazole rings is 1. The second-order valence-electron chi connectivity index (χ2n) is 5.63. The van der Waals surface area contributed by atoms with Gasteiger partial charge in [-0.25, -0.2) is 4.98 Å². The fourth-order valence-electron chi connectivity index (χ4n) is 3.61. The third-order valence-electron chi connectivity index (χ3n) is 4.59. The van der Waals surface area contributed by atoms with Crippen molar-refractivity contribution in [2.24, 2.45) is 0 Å². The summed E-state index contributed by atoms with van der Waals surface area (Å²) in [6.45, 7) is 0. The average molecular weight is 274 g/mol. The van der Waals surface area contributed by atoms with Gasteiger partial charge < -0.3 is 4.74 Å². The number of hydrogen-bond donors (Lipinski definition) is 0. The van der Waals surface area contributed by atoms with E-state index in [0.717, 1.165) is 29.6 Å². The third kappa shape index (κ3) is 1.31. The second-order valence-corrected chi connectivity index (χ2v) is 5.63. The van der Waals surface area contributed by atoms with Gasteiger partial charge in [0.2, 0.25) is 0 Å². The highest BCUT2D eigenvalue weighted by atomic mass is 16.5. The molecule has 0 aliphatic carbocycles. The molecule has 0 amide bonds. The zero-order chi connectivity index (χ0) is 14.0. The summed E-state index contributed by atoms with van der Waals surface area (Å²) in [6, 6.07) is 12.9. The van der Waals surface area contributed by atoms with Gasteiger partial charge >= 0.3 is 0 Å². The maximum Gasteiger partial charge on any atom is 0.145 e. The SMILES string of the molecule is COc1ccc2c(c1)c1ncc3n1c1c(cccc21)CC3. The molecule has 0 unspecified atom stereocenters. The van der Waals surface area contributed by atoms with Crippen molar-refractivity contribution in [1.82, 2.24) is 9.38 Å². The first kappa shape index (κ1) is 11.1. The van der Waals surface area contributed by atoms with Crippen LogP contribution in [0.3, 0.4) is 0 Å². The minimum atomic E-state index is 0.876. The van der Waals surface area contributed by atoms with Crippen LogP contribution in [0.4, 0.5) is 0 Å². The summed E-state index contributed by atoms with van der Waals surface area (Å²) >= 11 is 0. The van der Waals surface area contributed by atoms with Crippen molar-refractivity contribution in [2.45, 2.75) is 12.8 Å². The van der Waals surface area contributed by atoms with Crippen molar-refractivity contribution in [3.63, 3.8) is 0 Å². The van der Waals surface area contributed by atoms with Crippen LogP contribution in [0.5, 0.6) is 5.75 Å². The molecule has 3 heteroatoms. The van der Waals surface area contributed by atoms with Gasteiger partial charge in [0.25, 0.3) is 0 Å². The molecule has 0 radical (unpaired) electrons. The number of nitrogens with zero attached hydrogens (tertiary/aromatic N) is 2. The smallest absolute Gasteiger partial charge is 0.145 e. The summed E-state index contributed by atoms with van der Waals surface area (Å²) in [7, 11) is 1.71. The zero-order valence-corrected chi connectivity index (χ0v) is 11.8. The molecule has 1 aliphatic rings. The van der Waals surface area contributed by atoms with Gasteiger partial charge in [0.15, 0.2) is 0 Å². The van der Waals surface area contributed by atoms with Crippen LogP contribution in [-0.4, -0.2) is 16.5 Å². The number of fused-ring (bicyclic) bond motifs is 3. The Morgan fingerprint density at radius 3 is 2.90 bits per heavy atom. The fraction of sp³-hybridized carbons (Fsp3) is 0.167. The number of pyridine rings is 1. The van der Waals surface area contributed by atoms with E-state index < -0.39 is 0 Å². The van der Waals surface area contributed by atoms with E-state index in [9.17, 15) is 0 Å². The van der Waals surface area contributed by atoms with Gasteiger partial charge in [0.1, 0.15) is 11.4 Å². The molecule has 2 aromatic heterocycles. The maximum absolute atomic E-state index is 5.39. The largest absolute Gasteiger partial charge is 0.497 e. The highest BCUT2D eigenvalue weighted by Gasteiger charge is 2.19. The Bertz CT molecular complexity index is 1030. The minimum Gasteiger partial charge on any atom is -0.497 e. The lowest BCUT2D eigenvalue weighted by Crippen LogP contribution is -2.07. The van der Waals surface area contributed by atoms with Crippen molar-refractivity contribution in [2.75, 3.05) is 7.11 Å². The zero-order valence-electron chi connectivity index (χ0n) is 11.8. The number of aromatic nitrogens is 2. The Morgan fingerprint density at radius 2 is 2.00 bits per heavy atom. The topological polar surface area (TPSA) is 26.5 Å². The number of methoxy groups -OCH3 is 1. The molecule has 0 saturated heterocycles. The van der Waals surface area contributed by atoms with E-state index in [2.05, 4.69) is 39.7 Å². The van der Waals surface area contributed by atoms with Gasteiger partial charge in [0.05, 0.1) is 12.6 Å². The normalized spacial score (nSPS) is 13.6. The average Bonchev–Trinajstić information content (AvgIpc) is 2.98. The number of benzene rings is 2. The molecule has 21 heavy (non-hydrogen) atoms. The maximum atomic E-state index is 5.39. The quantitative estimate of drug-likeness (QED) is 0.494. The van der Waals surface area contributed by atoms with Crippen LogP contribution in [-0.2, 0) is 12.8 Å². The monoisotopic (exact) mass is 274 g/mol. The molecule has 3 heterocycles. The summed E-state index contributed by atoms with van der Waals surface area (Å²) in [6.07, 6.45) is 4.17. The lowest BCUT2D eigenvalue weighted by atomic mass is 9.97. The molecule has 1 aliphatic heterocycles. The van der Waals surface area contributed by atoms with Crippen molar-refractivity contribution in [3.8, 4) is 5.75 Å². The van der Waals surface area contributed by atoms with Crippen molar-refractivity contribution in [1.29, 1.82) is 0 Å². The Morgan fingerprint density at radius 1 is 1.05 bits per heavy atom. The molecule has 0 spiro atoms. The number of ether oxygens (including phenoxy) is 1. The predicted octanol–water partition coefficient (Wildman–Crippen LogP) is 3.75. The van der Waals surface area contributed by atoms with E-state index in [1.165, 1.54) is 27.5 Å². The molecule has 0 N–H and O–H groups in total. The third-order valence-corrected chi connectivity index (χ3v) is 4.59. The van der Waals surface area contributed by atoms with Gasteiger partial charge in [-0.3, -0.25) is 4.40 Å². The fourth-order valence-corrected chi connectivity index (χ4v) is 3.61. The number of hydrogen-bond acceptors (Lipinski definition) is 2. The molecule has 0 bridgehead atoms. The number of rotatable bonds is 1. The Labute approximate surface area is 121 Å². The van der Waals surface area contributed by atoms with Crippen LogP contribution in [0.2, 0.25) is 0 Å². The first-order chi connectivity index (χ1) is 10.4. The van der Waals surface area contributed by atoms with Gasteiger partial charge in [-0.2, -0.15) is 0 Å². The molecule has 3 nitrogen and oxygen atoms in total. The van der Waals surface area contributed by atoms with Crippen molar-refractivity contribution >= 4 is 27.3 Å². The van der Waals surface area contributed by atoms with E-state index in [0.29, 0.717) is 0 Å². The van der Waals surface area contributed by atoms with Crippen LogP contribution < -0.4 is 4.74 Å². The lowest BCUT2D eigenvalue weighted by Gasteiger charge is -2.18. The van der Waals surface area contributed by atoms with Crippen LogP contribution in [0.25, 0.3) is 27.3 Å². The van der Waals surface area contributed by atoms with Crippen molar-refractivity contribution in [3.05, 3.63) is 53.9 Å². The molecule has 0 saturated carbocycles. The highest BCUT2D eigenvalue weighted by molar-refractivity contribution is 6.13. The molecule has 0 atom stereocenters. The predicted molar refractivity (Wildman–Crippen MR) is 84.2 cm³/mol. The van der Waals surface area contributed by atoms with Gasteiger partial charge in [-0.05, 0) is 42.0 Å². The Balaban J connectivity index is 2.15. The van der Waals surface area contributed by atoms with Crippen LogP contribution in [0, 0.1) is 0 Å². The Hall–Kier alpha value is -2.55. The van der Waals surface area contributed by atoms with Crippen molar-refractivity contribution < 1.29 is 4.74 Å². The summed E-state index contributed by atoms with van der Waals surface area (Å²) in [4.78, 5) is 4.68. The lowest BCUT2D eigenvalue weighted by molar-refractivity contribution is 0.415. The van der Waals surface area contributed by atoms with E-state index in [1.807, 2.05) is 12.3 Å². The van der Waals surface area contributed by atoms with E-state index in [4.69, 9.17) is 4.74 Å². The first-order valence-corrected chi connectivity index (χ1v) is 7.24. The second kappa shape index (κ2) is 3.76. The number of aryl methyl sites for hydroxylation is 2. The van der Waals surface area contributed by atoms with Crippen LogP contribution in [0.1, 0.15) is 11.3 Å². The summed E-state index contributed by atoms with van der Waals surface area (Å²) < 4.78 is 7.72. The summed E-state index contributed by atoms with van der Waals surface area (Å²) in [5, 5.41) is 3.71. The van der Waals surface area contributed by atoms with Crippen LogP contribution in [0.15, 0.2) is 42.6 Å². The van der Waals surface area contributed by atoms with Crippen LogP contribution >= 0.6 is 0 Å². The molecule has 0 fully saturated rings. The van der Waals surface area contributed by atoms with Gasteiger partial charge in [-0.15, -0.1) is 0 Å². The van der Waals surface area contributed by atoms with E-state index in [1.54, 1.807) is 7.11 Å². The van der Waals surface area contributed by atoms with Gasteiger partial charge in [-0.1, -0.05) is 18.2 Å². The van der Waals surface area contributed by atoms with E-state index in [-0.39, 0.29) is 0 Å². The molecular formula is C18H14N2O. The first-order valence-electron chi connectivity index (χ1n) is 7.24. The molecule has 2 aromatic carbocycles. The highest BCUT2D eigenvalue weighted by Crippen LogP contribution is 2.36. The van der Waals surface area contributed by atoms with E-state index >= 15 is 0 Å². The molecule has 5 rings (SSSR count).